The van der Waals surface area contributed by atoms with Gasteiger partial charge in [-0.25, -0.2) is 0 Å². The number of hydrogen-bond acceptors (Lipinski definition) is 4. The van der Waals surface area contributed by atoms with Crippen LogP contribution in [0, 0.1) is 11.3 Å². The minimum absolute atomic E-state index is 0.251. The van der Waals surface area contributed by atoms with E-state index < -0.39 is 11.9 Å². The van der Waals surface area contributed by atoms with Crippen LogP contribution in [-0.2, 0) is 9.53 Å². The van der Waals surface area contributed by atoms with Crippen LogP contribution >= 0.6 is 0 Å². The van der Waals surface area contributed by atoms with Crippen LogP contribution in [0.3, 0.4) is 0 Å². The molecule has 0 fully saturated rings. The molecule has 0 saturated heterocycles. The van der Waals surface area contributed by atoms with Crippen molar-refractivity contribution in [2.24, 2.45) is 16.6 Å². The molecule has 0 radical (unpaired) electrons. The second kappa shape index (κ2) is 5.29. The number of ether oxygens (including phenoxy) is 1. The van der Waals surface area contributed by atoms with Crippen LogP contribution < -0.4 is 5.73 Å². The van der Waals surface area contributed by atoms with E-state index in [0.29, 0.717) is 0 Å². The number of carbonyl (C=O) groups excluding carboxylic acids is 1. The third kappa shape index (κ3) is 3.14. The highest BCUT2D eigenvalue weighted by Crippen LogP contribution is 1.95. The maximum atomic E-state index is 11.0. The Kier molecular flexibility index (Phi) is 4.67. The number of hydrogen-bond donors (Lipinski definition) is 2. The predicted octanol–water partition coefficient (Wildman–Crippen LogP) is -0.198. The van der Waals surface area contributed by atoms with E-state index in [9.17, 15) is 4.79 Å². The van der Waals surface area contributed by atoms with Gasteiger partial charge in [0.15, 0.2) is 0 Å². The normalized spacial score (nSPS) is 12.8. The molecule has 3 N–H and O–H groups in total. The van der Waals surface area contributed by atoms with Gasteiger partial charge in [-0.2, -0.15) is 0 Å². The number of amidine groups is 1. The van der Waals surface area contributed by atoms with Gasteiger partial charge in [-0.05, 0) is 6.92 Å². The Labute approximate surface area is 71.1 Å². The third-order valence-corrected chi connectivity index (χ3v) is 1.17. The van der Waals surface area contributed by atoms with Gasteiger partial charge in [-0.3, -0.25) is 15.2 Å². The molecule has 5 heteroatoms. The van der Waals surface area contributed by atoms with Crippen LogP contribution in [0.1, 0.15) is 6.92 Å². The van der Waals surface area contributed by atoms with Crippen molar-refractivity contribution in [3.05, 3.63) is 0 Å². The zero-order valence-electron chi connectivity index (χ0n) is 7.20. The molecule has 12 heavy (non-hydrogen) atoms. The molecule has 68 valence electrons. The molecule has 0 saturated carbocycles. The van der Waals surface area contributed by atoms with Crippen molar-refractivity contribution in [2.75, 3.05) is 13.7 Å². The molecule has 0 aliphatic heterocycles. The van der Waals surface area contributed by atoms with Crippen LogP contribution in [0.5, 0.6) is 0 Å². The van der Waals surface area contributed by atoms with Crippen molar-refractivity contribution in [3.63, 3.8) is 0 Å². The van der Waals surface area contributed by atoms with Crippen LogP contribution in [0.25, 0.3) is 0 Å². The number of carbonyl (C=O) groups is 1. The molecule has 0 aromatic carbocycles. The maximum absolute atomic E-state index is 11.0. The van der Waals surface area contributed by atoms with Crippen molar-refractivity contribution in [2.45, 2.75) is 6.92 Å². The van der Waals surface area contributed by atoms with Crippen LogP contribution in [0.15, 0.2) is 4.99 Å². The molecule has 0 rings (SSSR count). The standard InChI is InChI=1S/C7H13N3O2/c1-3-12-7(11)5(4-10-2)6(8)9/h4-5H,3H2,1-2H3,(H3,8,9). The summed E-state index contributed by atoms with van der Waals surface area (Å²) >= 11 is 0. The number of esters is 1. The predicted molar refractivity (Wildman–Crippen MR) is 46.5 cm³/mol. The topological polar surface area (TPSA) is 88.5 Å². The molecule has 1 unspecified atom stereocenters. The van der Waals surface area contributed by atoms with Gasteiger partial charge < -0.3 is 10.5 Å². The quantitative estimate of drug-likeness (QED) is 0.349. The fourth-order valence-corrected chi connectivity index (χ4v) is 0.649. The molecular weight excluding hydrogens is 158 g/mol. The van der Waals surface area contributed by atoms with Gasteiger partial charge in [0, 0.05) is 13.3 Å². The monoisotopic (exact) mass is 171 g/mol. The van der Waals surface area contributed by atoms with E-state index in [0.717, 1.165) is 0 Å². The summed E-state index contributed by atoms with van der Waals surface area (Å²) in [6.45, 7) is 1.97. The summed E-state index contributed by atoms with van der Waals surface area (Å²) < 4.78 is 4.67. The number of nitrogens with zero attached hydrogens (tertiary/aromatic N) is 1. The van der Waals surface area contributed by atoms with E-state index in [-0.39, 0.29) is 12.4 Å². The Morgan fingerprint density at radius 3 is 2.75 bits per heavy atom. The van der Waals surface area contributed by atoms with Crippen molar-refractivity contribution >= 4 is 18.0 Å². The molecule has 0 aliphatic carbocycles. The lowest BCUT2D eigenvalue weighted by atomic mass is 10.1. The third-order valence-electron chi connectivity index (χ3n) is 1.17. The van der Waals surface area contributed by atoms with E-state index in [1.807, 2.05) is 0 Å². The molecule has 0 bridgehead atoms. The lowest BCUT2D eigenvalue weighted by molar-refractivity contribution is -0.143. The molecular formula is C7H13N3O2. The van der Waals surface area contributed by atoms with E-state index in [1.165, 1.54) is 13.3 Å². The van der Waals surface area contributed by atoms with E-state index in [2.05, 4.69) is 9.73 Å². The van der Waals surface area contributed by atoms with E-state index in [4.69, 9.17) is 11.1 Å². The number of nitrogens with two attached hydrogens (primary N) is 1. The van der Waals surface area contributed by atoms with Gasteiger partial charge in [0.25, 0.3) is 0 Å². The molecule has 0 heterocycles. The number of nitrogens with one attached hydrogen (secondary N) is 1. The molecule has 0 aliphatic rings. The first-order valence-electron chi connectivity index (χ1n) is 3.56. The van der Waals surface area contributed by atoms with Crippen LogP contribution in [0.2, 0.25) is 0 Å². The summed E-state index contributed by atoms with van der Waals surface area (Å²) in [5, 5.41) is 7.05. The fraction of sp³-hybridized carbons (Fsp3) is 0.571. The van der Waals surface area contributed by atoms with Gasteiger partial charge in [-0.15, -0.1) is 0 Å². The summed E-state index contributed by atoms with van der Waals surface area (Å²) in [6.07, 6.45) is 1.29. The van der Waals surface area contributed by atoms with Crippen molar-refractivity contribution in [1.29, 1.82) is 5.41 Å². The Hall–Kier alpha value is -1.39. The Bertz CT molecular complexity index is 201. The van der Waals surface area contributed by atoms with Gasteiger partial charge >= 0.3 is 5.97 Å². The highest BCUT2D eigenvalue weighted by molar-refractivity contribution is 6.11. The molecule has 5 nitrogen and oxygen atoms in total. The highest BCUT2D eigenvalue weighted by atomic mass is 16.5. The van der Waals surface area contributed by atoms with Crippen LogP contribution in [-0.4, -0.2) is 31.7 Å². The first-order chi connectivity index (χ1) is 5.63. The van der Waals surface area contributed by atoms with Crippen molar-refractivity contribution < 1.29 is 9.53 Å². The van der Waals surface area contributed by atoms with E-state index >= 15 is 0 Å². The number of rotatable bonds is 4. The molecule has 0 amide bonds. The molecule has 0 aromatic rings. The smallest absolute Gasteiger partial charge is 0.322 e. The van der Waals surface area contributed by atoms with E-state index in [1.54, 1.807) is 6.92 Å². The summed E-state index contributed by atoms with van der Waals surface area (Å²) in [4.78, 5) is 14.7. The van der Waals surface area contributed by atoms with Gasteiger partial charge in [0.2, 0.25) is 0 Å². The Morgan fingerprint density at radius 2 is 2.42 bits per heavy atom. The summed E-state index contributed by atoms with van der Waals surface area (Å²) in [7, 11) is 1.51. The first kappa shape index (κ1) is 10.6. The largest absolute Gasteiger partial charge is 0.465 e. The first-order valence-corrected chi connectivity index (χ1v) is 3.56. The Balaban J connectivity index is 4.29. The second-order valence-electron chi connectivity index (χ2n) is 2.09. The van der Waals surface area contributed by atoms with Crippen molar-refractivity contribution in [1.82, 2.24) is 0 Å². The average molecular weight is 171 g/mol. The van der Waals surface area contributed by atoms with Gasteiger partial charge in [-0.1, -0.05) is 0 Å². The zero-order valence-corrected chi connectivity index (χ0v) is 7.20. The lowest BCUT2D eigenvalue weighted by Crippen LogP contribution is -2.32. The second-order valence-corrected chi connectivity index (χ2v) is 2.09. The van der Waals surface area contributed by atoms with Crippen molar-refractivity contribution in [3.8, 4) is 0 Å². The minimum atomic E-state index is -0.838. The molecule has 0 aromatic heterocycles. The van der Waals surface area contributed by atoms with Gasteiger partial charge in [0.1, 0.15) is 11.8 Å². The summed E-state index contributed by atoms with van der Waals surface area (Å²) in [6, 6.07) is 0. The molecule has 1 atom stereocenters. The minimum Gasteiger partial charge on any atom is -0.465 e. The fourth-order valence-electron chi connectivity index (χ4n) is 0.649. The average Bonchev–Trinajstić information content (AvgIpc) is 1.99. The number of aliphatic imine (C=N–C) groups is 1. The maximum Gasteiger partial charge on any atom is 0.322 e. The highest BCUT2D eigenvalue weighted by Gasteiger charge is 2.19. The zero-order chi connectivity index (χ0) is 9.56. The van der Waals surface area contributed by atoms with Crippen LogP contribution in [0.4, 0.5) is 0 Å². The lowest BCUT2D eigenvalue weighted by Gasteiger charge is -2.07. The summed E-state index contributed by atoms with van der Waals surface area (Å²) in [5.41, 5.74) is 5.15. The molecule has 0 spiro atoms. The summed E-state index contributed by atoms with van der Waals surface area (Å²) in [5.74, 6) is -1.62. The Morgan fingerprint density at radius 1 is 1.83 bits per heavy atom. The SMILES string of the molecule is CCOC(=O)C(C=NC)C(=N)N. The van der Waals surface area contributed by atoms with Gasteiger partial charge in [0.05, 0.1) is 6.61 Å².